The van der Waals surface area contributed by atoms with Crippen molar-refractivity contribution in [3.63, 3.8) is 0 Å². The summed E-state index contributed by atoms with van der Waals surface area (Å²) in [6.07, 6.45) is 0. The lowest BCUT2D eigenvalue weighted by Gasteiger charge is -2.08. The Kier molecular flexibility index (Phi) is 5.26. The van der Waals surface area contributed by atoms with Gasteiger partial charge in [0.05, 0.1) is 13.2 Å². The van der Waals surface area contributed by atoms with E-state index in [-0.39, 0.29) is 24.3 Å². The van der Waals surface area contributed by atoms with Crippen LogP contribution in [0, 0.1) is 6.92 Å². The molecule has 6 heteroatoms. The number of ether oxygens (including phenoxy) is 1. The molecule has 0 atom stereocenters. The summed E-state index contributed by atoms with van der Waals surface area (Å²) in [4.78, 5) is 23.8. The summed E-state index contributed by atoms with van der Waals surface area (Å²) < 4.78 is 11.1. The molecule has 1 aromatic heterocycles. The van der Waals surface area contributed by atoms with Gasteiger partial charge in [0.15, 0.2) is 5.76 Å². The van der Waals surface area contributed by atoms with Crippen LogP contribution in [0.15, 0.2) is 22.6 Å². The van der Waals surface area contributed by atoms with E-state index in [4.69, 9.17) is 9.15 Å². The average Bonchev–Trinajstić information content (AvgIpc) is 2.82. The minimum absolute atomic E-state index is 0.0318. The molecule has 2 rings (SSSR count). The van der Waals surface area contributed by atoms with Gasteiger partial charge in [-0.25, -0.2) is 0 Å². The second-order valence-electron chi connectivity index (χ2n) is 5.55. The van der Waals surface area contributed by atoms with Gasteiger partial charge >= 0.3 is 0 Å². The van der Waals surface area contributed by atoms with E-state index in [2.05, 4.69) is 10.6 Å². The number of carbonyl (C=O) groups is 2. The Hall–Kier alpha value is -2.50. The van der Waals surface area contributed by atoms with E-state index in [1.165, 1.54) is 0 Å². The van der Waals surface area contributed by atoms with Crippen LogP contribution in [0.1, 0.15) is 36.9 Å². The molecule has 0 fully saturated rings. The van der Waals surface area contributed by atoms with Crippen molar-refractivity contribution >= 4 is 22.8 Å². The third-order valence-electron chi connectivity index (χ3n) is 3.28. The number of nitrogens with one attached hydrogen (secondary N) is 2. The molecule has 0 aliphatic heterocycles. The van der Waals surface area contributed by atoms with Gasteiger partial charge in [0, 0.05) is 17.0 Å². The van der Waals surface area contributed by atoms with Gasteiger partial charge in [-0.3, -0.25) is 9.59 Å². The molecule has 0 aliphatic rings. The highest BCUT2D eigenvalue weighted by Gasteiger charge is 2.18. The second-order valence-corrected chi connectivity index (χ2v) is 5.55. The number of rotatable bonds is 6. The number of amides is 2. The quantitative estimate of drug-likeness (QED) is 0.857. The van der Waals surface area contributed by atoms with Crippen molar-refractivity contribution < 1.29 is 18.7 Å². The maximum Gasteiger partial charge on any atom is 0.287 e. The largest absolute Gasteiger partial charge is 0.494 e. The molecular weight excluding hydrogens is 296 g/mol. The van der Waals surface area contributed by atoms with Crippen LogP contribution in [0.3, 0.4) is 0 Å². The standard InChI is InChI=1S/C17H22N2O4/c1-5-22-12-6-7-14-13(8-12)11(4)16(23-14)17(21)18-9-15(20)19-10(2)3/h6-8,10H,5,9H2,1-4H3,(H,18,21)(H,19,20). The summed E-state index contributed by atoms with van der Waals surface area (Å²) in [5, 5.41) is 6.11. The number of benzene rings is 1. The first-order chi connectivity index (χ1) is 10.9. The summed E-state index contributed by atoms with van der Waals surface area (Å²) >= 11 is 0. The van der Waals surface area contributed by atoms with Crippen molar-refractivity contribution in [2.45, 2.75) is 33.7 Å². The van der Waals surface area contributed by atoms with E-state index in [9.17, 15) is 9.59 Å². The maximum absolute atomic E-state index is 12.2. The molecule has 124 valence electrons. The lowest BCUT2D eigenvalue weighted by atomic mass is 10.1. The Morgan fingerprint density at radius 2 is 2.04 bits per heavy atom. The molecule has 0 bridgehead atoms. The Bertz CT molecular complexity index is 719. The number of hydrogen-bond acceptors (Lipinski definition) is 4. The Balaban J connectivity index is 2.14. The third kappa shape index (κ3) is 4.03. The molecule has 23 heavy (non-hydrogen) atoms. The highest BCUT2D eigenvalue weighted by molar-refractivity contribution is 6.00. The molecule has 2 aromatic rings. The molecule has 1 aromatic carbocycles. The number of aryl methyl sites for hydroxylation is 1. The van der Waals surface area contributed by atoms with Crippen molar-refractivity contribution in [3.05, 3.63) is 29.5 Å². The Morgan fingerprint density at radius 1 is 1.30 bits per heavy atom. The van der Waals surface area contributed by atoms with E-state index < -0.39 is 5.91 Å². The van der Waals surface area contributed by atoms with Crippen molar-refractivity contribution in [2.24, 2.45) is 0 Å². The minimum Gasteiger partial charge on any atom is -0.494 e. The molecule has 0 aliphatic carbocycles. The van der Waals surface area contributed by atoms with E-state index >= 15 is 0 Å². The minimum atomic E-state index is -0.407. The van der Waals surface area contributed by atoms with Crippen LogP contribution >= 0.6 is 0 Å². The van der Waals surface area contributed by atoms with E-state index in [0.717, 1.165) is 16.7 Å². The molecule has 0 spiro atoms. The zero-order valence-corrected chi connectivity index (χ0v) is 13.9. The first-order valence-electron chi connectivity index (χ1n) is 7.65. The summed E-state index contributed by atoms with van der Waals surface area (Å²) in [5.41, 5.74) is 1.34. The number of carbonyl (C=O) groups excluding carboxylic acids is 2. The molecule has 0 saturated heterocycles. The number of fused-ring (bicyclic) bond motifs is 1. The van der Waals surface area contributed by atoms with Gasteiger partial charge in [-0.2, -0.15) is 0 Å². The van der Waals surface area contributed by atoms with E-state index in [1.807, 2.05) is 33.8 Å². The van der Waals surface area contributed by atoms with Gasteiger partial charge in [0.1, 0.15) is 11.3 Å². The highest BCUT2D eigenvalue weighted by atomic mass is 16.5. The Labute approximate surface area is 135 Å². The monoisotopic (exact) mass is 318 g/mol. The average molecular weight is 318 g/mol. The zero-order chi connectivity index (χ0) is 17.0. The lowest BCUT2D eigenvalue weighted by molar-refractivity contribution is -0.120. The van der Waals surface area contributed by atoms with Crippen molar-refractivity contribution in [1.29, 1.82) is 0 Å². The molecule has 2 amide bonds. The summed E-state index contributed by atoms with van der Waals surface area (Å²) in [6.45, 7) is 7.93. The fraction of sp³-hybridized carbons (Fsp3) is 0.412. The van der Waals surface area contributed by atoms with Crippen LogP contribution in [-0.2, 0) is 4.79 Å². The topological polar surface area (TPSA) is 80.6 Å². The van der Waals surface area contributed by atoms with Crippen LogP contribution in [0.4, 0.5) is 0 Å². The van der Waals surface area contributed by atoms with Crippen LogP contribution in [0.25, 0.3) is 11.0 Å². The normalized spacial score (nSPS) is 10.8. The van der Waals surface area contributed by atoms with Gasteiger partial charge in [-0.05, 0) is 45.9 Å². The van der Waals surface area contributed by atoms with Crippen molar-refractivity contribution in [3.8, 4) is 5.75 Å². The molecule has 1 heterocycles. The predicted molar refractivity (Wildman–Crippen MR) is 87.7 cm³/mol. The first-order valence-corrected chi connectivity index (χ1v) is 7.65. The number of furan rings is 1. The van der Waals surface area contributed by atoms with Gasteiger partial charge in [-0.15, -0.1) is 0 Å². The lowest BCUT2D eigenvalue weighted by Crippen LogP contribution is -2.39. The molecule has 6 nitrogen and oxygen atoms in total. The highest BCUT2D eigenvalue weighted by Crippen LogP contribution is 2.28. The number of hydrogen-bond donors (Lipinski definition) is 2. The van der Waals surface area contributed by atoms with E-state index in [1.54, 1.807) is 12.1 Å². The van der Waals surface area contributed by atoms with Gasteiger partial charge in [-0.1, -0.05) is 0 Å². The molecule has 2 N–H and O–H groups in total. The van der Waals surface area contributed by atoms with Gasteiger partial charge in [0.2, 0.25) is 5.91 Å². The summed E-state index contributed by atoms with van der Waals surface area (Å²) in [7, 11) is 0. The Morgan fingerprint density at radius 3 is 2.70 bits per heavy atom. The fourth-order valence-corrected chi connectivity index (χ4v) is 2.29. The first kappa shape index (κ1) is 16.9. The molecule has 0 saturated carbocycles. The van der Waals surface area contributed by atoms with Crippen molar-refractivity contribution in [2.75, 3.05) is 13.2 Å². The van der Waals surface area contributed by atoms with Gasteiger partial charge in [0.25, 0.3) is 5.91 Å². The summed E-state index contributed by atoms with van der Waals surface area (Å²) in [6, 6.07) is 5.45. The molecule has 0 unspecified atom stereocenters. The van der Waals surface area contributed by atoms with Crippen LogP contribution in [-0.4, -0.2) is 31.0 Å². The third-order valence-corrected chi connectivity index (χ3v) is 3.28. The van der Waals surface area contributed by atoms with Gasteiger partial charge < -0.3 is 19.8 Å². The SMILES string of the molecule is CCOc1ccc2oc(C(=O)NCC(=O)NC(C)C)c(C)c2c1. The molecule has 0 radical (unpaired) electrons. The maximum atomic E-state index is 12.2. The summed E-state index contributed by atoms with van der Waals surface area (Å²) in [5.74, 6) is 0.300. The van der Waals surface area contributed by atoms with Crippen LogP contribution < -0.4 is 15.4 Å². The fourth-order valence-electron chi connectivity index (χ4n) is 2.29. The van der Waals surface area contributed by atoms with Crippen LogP contribution in [0.2, 0.25) is 0 Å². The second kappa shape index (κ2) is 7.17. The molecular formula is C17H22N2O4. The van der Waals surface area contributed by atoms with E-state index in [0.29, 0.717) is 12.2 Å². The smallest absolute Gasteiger partial charge is 0.287 e. The predicted octanol–water partition coefficient (Wildman–Crippen LogP) is 2.39. The van der Waals surface area contributed by atoms with Crippen molar-refractivity contribution in [1.82, 2.24) is 10.6 Å². The van der Waals surface area contributed by atoms with Crippen LogP contribution in [0.5, 0.6) is 5.75 Å². The zero-order valence-electron chi connectivity index (χ0n) is 13.9.